The van der Waals surface area contributed by atoms with Crippen LogP contribution in [0.25, 0.3) is 0 Å². The van der Waals surface area contributed by atoms with Gasteiger partial charge in [0.2, 0.25) is 0 Å². The van der Waals surface area contributed by atoms with E-state index in [0.717, 1.165) is 18.5 Å². The smallest absolute Gasteiger partial charge is 0.287 e. The molecule has 4 rings (SSSR count). The minimum absolute atomic E-state index is 0.252. The molecule has 1 aliphatic heterocycles. The van der Waals surface area contributed by atoms with Gasteiger partial charge < -0.3 is 19.6 Å². The predicted molar refractivity (Wildman–Crippen MR) is 104 cm³/mol. The first-order valence-electron chi connectivity index (χ1n) is 9.09. The van der Waals surface area contributed by atoms with E-state index in [1.165, 1.54) is 0 Å². The topological polar surface area (TPSA) is 89.2 Å². The van der Waals surface area contributed by atoms with Crippen LogP contribution in [0.5, 0.6) is 0 Å². The molecular formula is C20H19ClN4O3. The number of fused-ring (bicyclic) bond motifs is 1. The molecule has 2 aromatic heterocycles. The number of nitrogens with one attached hydrogen (secondary N) is 2. The molecule has 0 radical (unpaired) electrons. The van der Waals surface area contributed by atoms with Gasteiger partial charge in [-0.1, -0.05) is 11.6 Å². The summed E-state index contributed by atoms with van der Waals surface area (Å²) in [7, 11) is 0. The lowest BCUT2D eigenvalue weighted by atomic mass is 10.1. The molecule has 0 atom stereocenters. The molecule has 0 aliphatic carbocycles. The fourth-order valence-corrected chi connectivity index (χ4v) is 3.41. The van der Waals surface area contributed by atoms with Gasteiger partial charge in [-0.3, -0.25) is 9.59 Å². The van der Waals surface area contributed by atoms with Gasteiger partial charge >= 0.3 is 0 Å². The van der Waals surface area contributed by atoms with Crippen molar-refractivity contribution in [3.63, 3.8) is 0 Å². The van der Waals surface area contributed by atoms with Crippen LogP contribution >= 0.6 is 11.6 Å². The van der Waals surface area contributed by atoms with Gasteiger partial charge in [0.25, 0.3) is 11.8 Å². The van der Waals surface area contributed by atoms with E-state index in [1.807, 2.05) is 4.57 Å². The summed E-state index contributed by atoms with van der Waals surface area (Å²) in [5.41, 5.74) is 1.70. The van der Waals surface area contributed by atoms with E-state index < -0.39 is 0 Å². The maximum Gasteiger partial charge on any atom is 0.287 e. The summed E-state index contributed by atoms with van der Waals surface area (Å²) >= 11 is 5.89. The van der Waals surface area contributed by atoms with Gasteiger partial charge in [0.1, 0.15) is 5.76 Å². The van der Waals surface area contributed by atoms with Crippen LogP contribution in [0.4, 0.5) is 5.69 Å². The minimum atomic E-state index is -0.335. The molecule has 7 nitrogen and oxygen atoms in total. The Morgan fingerprint density at radius 2 is 1.96 bits per heavy atom. The van der Waals surface area contributed by atoms with Crippen LogP contribution in [0.15, 0.2) is 47.1 Å². The van der Waals surface area contributed by atoms with Crippen molar-refractivity contribution in [2.45, 2.75) is 32.4 Å². The zero-order valence-corrected chi connectivity index (χ0v) is 15.8. The zero-order chi connectivity index (χ0) is 19.5. The number of amides is 2. The van der Waals surface area contributed by atoms with Crippen molar-refractivity contribution >= 4 is 29.1 Å². The van der Waals surface area contributed by atoms with Gasteiger partial charge in [-0.2, -0.15) is 0 Å². The van der Waals surface area contributed by atoms with E-state index in [0.29, 0.717) is 29.4 Å². The van der Waals surface area contributed by atoms with Crippen LogP contribution in [-0.4, -0.2) is 21.4 Å². The van der Waals surface area contributed by atoms with E-state index in [1.54, 1.807) is 42.7 Å². The molecule has 8 heteroatoms. The van der Waals surface area contributed by atoms with E-state index in [4.69, 9.17) is 16.0 Å². The summed E-state index contributed by atoms with van der Waals surface area (Å²) in [4.78, 5) is 29.8. The van der Waals surface area contributed by atoms with Gasteiger partial charge in [0.15, 0.2) is 11.5 Å². The number of hydrogen-bond acceptors (Lipinski definition) is 4. The number of furan rings is 1. The Bertz CT molecular complexity index is 993. The molecule has 0 saturated carbocycles. The van der Waals surface area contributed by atoms with E-state index >= 15 is 0 Å². The number of carbonyl (C=O) groups excluding carboxylic acids is 2. The Morgan fingerprint density at radius 3 is 2.71 bits per heavy atom. The molecule has 0 spiro atoms. The van der Waals surface area contributed by atoms with Crippen molar-refractivity contribution < 1.29 is 14.0 Å². The maximum atomic E-state index is 12.8. The molecule has 144 valence electrons. The summed E-state index contributed by atoms with van der Waals surface area (Å²) in [6, 6.07) is 10.4. The number of carbonyl (C=O) groups is 2. The summed E-state index contributed by atoms with van der Waals surface area (Å²) < 4.78 is 7.08. The number of nitrogens with zero attached hydrogens (tertiary/aromatic N) is 2. The first-order chi connectivity index (χ1) is 13.6. The van der Waals surface area contributed by atoms with E-state index in [2.05, 4.69) is 15.6 Å². The molecular weight excluding hydrogens is 380 g/mol. The number of benzene rings is 1. The highest BCUT2D eigenvalue weighted by Crippen LogP contribution is 2.23. The quantitative estimate of drug-likeness (QED) is 0.686. The summed E-state index contributed by atoms with van der Waals surface area (Å²) in [5, 5.41) is 6.21. The third-order valence-corrected chi connectivity index (χ3v) is 4.89. The number of halogens is 1. The Hall–Kier alpha value is -3.06. The van der Waals surface area contributed by atoms with Crippen molar-refractivity contribution in [1.82, 2.24) is 14.9 Å². The second-order valence-electron chi connectivity index (χ2n) is 6.56. The highest BCUT2D eigenvalue weighted by atomic mass is 35.5. The number of anilines is 1. The Labute approximate surface area is 166 Å². The third-order valence-electron chi connectivity index (χ3n) is 4.64. The molecule has 3 heterocycles. The lowest BCUT2D eigenvalue weighted by Crippen LogP contribution is -2.27. The Balaban J connectivity index is 1.56. The number of rotatable bonds is 5. The molecule has 2 N–H and O–H groups in total. The molecule has 0 bridgehead atoms. The lowest BCUT2D eigenvalue weighted by molar-refractivity contribution is 0.0932. The van der Waals surface area contributed by atoms with Crippen LogP contribution in [0.3, 0.4) is 0 Å². The number of imidazole rings is 1. The average molecular weight is 399 g/mol. The molecule has 3 aromatic rings. The molecule has 0 saturated heterocycles. The van der Waals surface area contributed by atoms with Crippen molar-refractivity contribution in [1.29, 1.82) is 0 Å². The minimum Gasteiger partial charge on any atom is -0.467 e. The highest BCUT2D eigenvalue weighted by Gasteiger charge is 2.27. The summed E-state index contributed by atoms with van der Waals surface area (Å²) in [5.74, 6) is 0.241. The molecule has 28 heavy (non-hydrogen) atoms. The van der Waals surface area contributed by atoms with Crippen molar-refractivity contribution in [3.05, 3.63) is 70.7 Å². The maximum absolute atomic E-state index is 12.8. The lowest BCUT2D eigenvalue weighted by Gasteiger charge is -2.17. The Morgan fingerprint density at radius 1 is 1.14 bits per heavy atom. The molecule has 0 fully saturated rings. The van der Waals surface area contributed by atoms with Crippen LogP contribution in [0.2, 0.25) is 5.02 Å². The highest BCUT2D eigenvalue weighted by molar-refractivity contribution is 6.30. The first kappa shape index (κ1) is 18.3. The zero-order valence-electron chi connectivity index (χ0n) is 15.1. The van der Waals surface area contributed by atoms with Crippen LogP contribution < -0.4 is 10.6 Å². The van der Waals surface area contributed by atoms with Crippen LogP contribution in [0.1, 0.15) is 45.4 Å². The molecule has 0 unspecified atom stereocenters. The number of aromatic nitrogens is 2. The third kappa shape index (κ3) is 3.80. The predicted octanol–water partition coefficient (Wildman–Crippen LogP) is 3.65. The monoisotopic (exact) mass is 398 g/mol. The Kier molecular flexibility index (Phi) is 5.16. The fourth-order valence-electron chi connectivity index (χ4n) is 3.28. The first-order valence-corrected chi connectivity index (χ1v) is 9.46. The van der Waals surface area contributed by atoms with Crippen molar-refractivity contribution in [2.75, 3.05) is 5.32 Å². The number of hydrogen-bond donors (Lipinski definition) is 2. The fraction of sp³-hybridized carbons (Fsp3) is 0.250. The van der Waals surface area contributed by atoms with Crippen molar-refractivity contribution in [3.8, 4) is 0 Å². The van der Waals surface area contributed by atoms with E-state index in [-0.39, 0.29) is 29.9 Å². The van der Waals surface area contributed by atoms with Gasteiger partial charge in [-0.25, -0.2) is 4.98 Å². The molecule has 1 aliphatic rings. The average Bonchev–Trinajstić information content (AvgIpc) is 3.36. The standard InChI is InChI=1S/C20H19ClN4O3/c21-13-6-8-14(9-7-13)23-19(26)17-16-5-1-2-10-25(16)18(24-17)20(27)22-12-15-4-3-11-28-15/h3-4,6-9,11H,1-2,5,10,12H2,(H,22,27)(H,23,26). The molecule has 1 aromatic carbocycles. The second-order valence-corrected chi connectivity index (χ2v) is 7.00. The van der Waals surface area contributed by atoms with Crippen LogP contribution in [0, 0.1) is 0 Å². The summed E-state index contributed by atoms with van der Waals surface area (Å²) in [6.07, 6.45) is 4.17. The normalized spacial score (nSPS) is 13.0. The van der Waals surface area contributed by atoms with Gasteiger partial charge in [-0.05, 0) is 55.7 Å². The van der Waals surface area contributed by atoms with Crippen LogP contribution in [-0.2, 0) is 19.5 Å². The van der Waals surface area contributed by atoms with Gasteiger partial charge in [0.05, 0.1) is 18.5 Å². The largest absolute Gasteiger partial charge is 0.467 e. The van der Waals surface area contributed by atoms with E-state index in [9.17, 15) is 9.59 Å². The second kappa shape index (κ2) is 7.90. The SMILES string of the molecule is O=C(Nc1ccc(Cl)cc1)c1nc(C(=O)NCc2ccco2)n2c1CCCC2. The van der Waals surface area contributed by atoms with Crippen molar-refractivity contribution in [2.24, 2.45) is 0 Å². The summed E-state index contributed by atoms with van der Waals surface area (Å²) in [6.45, 7) is 0.931. The van der Waals surface area contributed by atoms with Gasteiger partial charge in [0, 0.05) is 17.3 Å². The molecule has 2 amide bonds. The van der Waals surface area contributed by atoms with Gasteiger partial charge in [-0.15, -0.1) is 0 Å².